The van der Waals surface area contributed by atoms with Crippen molar-refractivity contribution in [3.63, 3.8) is 0 Å². The molecule has 29 heavy (non-hydrogen) atoms. The second kappa shape index (κ2) is 9.44. The van der Waals surface area contributed by atoms with E-state index in [1.54, 1.807) is 6.20 Å². The normalized spacial score (nSPS) is 19.6. The standard InChI is InChI=1S/C23H33N5O/c1-17-7-9-18(10-8-17)21-15-25-22(29-21)16-26-23(24-2)27-19-11-13-28(14-12-19)20-5-3-4-6-20/h7-10,15,19-20H,3-6,11-14,16H2,1-2H3,(H2,24,26,27). The molecule has 4 rings (SSSR count). The van der Waals surface area contributed by atoms with Gasteiger partial charge in [0.15, 0.2) is 11.7 Å². The van der Waals surface area contributed by atoms with Crippen molar-refractivity contribution in [2.45, 2.75) is 64.1 Å². The van der Waals surface area contributed by atoms with Crippen LogP contribution >= 0.6 is 0 Å². The largest absolute Gasteiger partial charge is 0.439 e. The van der Waals surface area contributed by atoms with E-state index in [9.17, 15) is 0 Å². The molecular formula is C23H33N5O. The molecule has 2 heterocycles. The Morgan fingerprint density at radius 3 is 2.55 bits per heavy atom. The van der Waals surface area contributed by atoms with E-state index in [2.05, 4.69) is 56.7 Å². The van der Waals surface area contributed by atoms with E-state index in [1.165, 1.54) is 57.2 Å². The average Bonchev–Trinajstić information content (AvgIpc) is 3.44. The van der Waals surface area contributed by atoms with Gasteiger partial charge in [0.05, 0.1) is 12.7 Å². The molecule has 2 N–H and O–H groups in total. The van der Waals surface area contributed by atoms with Gasteiger partial charge in [0.25, 0.3) is 0 Å². The number of piperidine rings is 1. The zero-order chi connectivity index (χ0) is 20.1. The van der Waals surface area contributed by atoms with Gasteiger partial charge in [-0.1, -0.05) is 42.7 Å². The molecule has 1 aliphatic heterocycles. The summed E-state index contributed by atoms with van der Waals surface area (Å²) in [5.41, 5.74) is 2.28. The molecule has 2 fully saturated rings. The molecule has 0 atom stereocenters. The summed E-state index contributed by atoms with van der Waals surface area (Å²) in [5, 5.41) is 6.92. The van der Waals surface area contributed by atoms with Gasteiger partial charge in [-0.25, -0.2) is 4.98 Å². The lowest BCUT2D eigenvalue weighted by Crippen LogP contribution is -2.50. The van der Waals surface area contributed by atoms with Gasteiger partial charge in [-0.15, -0.1) is 0 Å². The van der Waals surface area contributed by atoms with Gasteiger partial charge in [0.1, 0.15) is 0 Å². The number of rotatable bonds is 5. The summed E-state index contributed by atoms with van der Waals surface area (Å²) in [6.07, 6.45) is 9.74. The van der Waals surface area contributed by atoms with E-state index in [-0.39, 0.29) is 0 Å². The first-order valence-electron chi connectivity index (χ1n) is 10.9. The fourth-order valence-corrected chi connectivity index (χ4v) is 4.47. The Hall–Kier alpha value is -2.34. The van der Waals surface area contributed by atoms with Crippen LogP contribution in [0.5, 0.6) is 0 Å². The summed E-state index contributed by atoms with van der Waals surface area (Å²) in [6, 6.07) is 9.60. The first-order chi connectivity index (χ1) is 14.2. The minimum Gasteiger partial charge on any atom is -0.439 e. The molecule has 1 aliphatic carbocycles. The predicted octanol–water partition coefficient (Wildman–Crippen LogP) is 3.72. The van der Waals surface area contributed by atoms with Crippen molar-refractivity contribution in [3.05, 3.63) is 41.9 Å². The Labute approximate surface area is 173 Å². The highest BCUT2D eigenvalue weighted by Crippen LogP contribution is 2.26. The topological polar surface area (TPSA) is 65.7 Å². The van der Waals surface area contributed by atoms with E-state index in [1.807, 2.05) is 7.05 Å². The third-order valence-corrected chi connectivity index (χ3v) is 6.23. The zero-order valence-electron chi connectivity index (χ0n) is 17.7. The van der Waals surface area contributed by atoms with Crippen LogP contribution in [0.3, 0.4) is 0 Å². The van der Waals surface area contributed by atoms with Gasteiger partial charge < -0.3 is 20.0 Å². The summed E-state index contributed by atoms with van der Waals surface area (Å²) in [6.45, 7) is 4.99. The van der Waals surface area contributed by atoms with E-state index >= 15 is 0 Å². The van der Waals surface area contributed by atoms with Gasteiger partial charge in [-0.2, -0.15) is 0 Å². The highest BCUT2D eigenvalue weighted by Gasteiger charge is 2.27. The number of guanidine groups is 1. The van der Waals surface area contributed by atoms with Crippen LogP contribution in [0.2, 0.25) is 0 Å². The summed E-state index contributed by atoms with van der Waals surface area (Å²) in [7, 11) is 1.82. The second-order valence-corrected chi connectivity index (χ2v) is 8.30. The molecular weight excluding hydrogens is 362 g/mol. The van der Waals surface area contributed by atoms with Gasteiger partial charge in [0, 0.05) is 37.8 Å². The van der Waals surface area contributed by atoms with Crippen LogP contribution in [0.25, 0.3) is 11.3 Å². The highest BCUT2D eigenvalue weighted by molar-refractivity contribution is 5.79. The van der Waals surface area contributed by atoms with Crippen LogP contribution in [-0.4, -0.2) is 48.1 Å². The van der Waals surface area contributed by atoms with Crippen LogP contribution < -0.4 is 10.6 Å². The number of aliphatic imine (C=N–C) groups is 1. The Kier molecular flexibility index (Phi) is 6.49. The van der Waals surface area contributed by atoms with Crippen molar-refractivity contribution >= 4 is 5.96 Å². The molecule has 1 saturated heterocycles. The summed E-state index contributed by atoms with van der Waals surface area (Å²) < 4.78 is 5.90. The molecule has 0 unspecified atom stereocenters. The molecule has 1 aromatic heterocycles. The first-order valence-corrected chi connectivity index (χ1v) is 10.9. The van der Waals surface area contributed by atoms with Gasteiger partial charge in [0.2, 0.25) is 5.89 Å². The van der Waals surface area contributed by atoms with Crippen LogP contribution in [-0.2, 0) is 6.54 Å². The number of benzene rings is 1. The smallest absolute Gasteiger partial charge is 0.214 e. The lowest BCUT2D eigenvalue weighted by atomic mass is 10.0. The summed E-state index contributed by atoms with van der Waals surface area (Å²) in [5.74, 6) is 2.28. The third kappa shape index (κ3) is 5.18. The predicted molar refractivity (Wildman–Crippen MR) is 117 cm³/mol. The van der Waals surface area contributed by atoms with Gasteiger partial charge in [-0.05, 0) is 32.6 Å². The molecule has 2 aromatic rings. The molecule has 0 spiro atoms. The van der Waals surface area contributed by atoms with Crippen molar-refractivity contribution < 1.29 is 4.42 Å². The van der Waals surface area contributed by atoms with Crippen molar-refractivity contribution in [1.29, 1.82) is 0 Å². The SMILES string of the molecule is CN=C(NCc1ncc(-c2ccc(C)cc2)o1)NC1CCN(C2CCCC2)CC1. The molecule has 0 bridgehead atoms. The minimum atomic E-state index is 0.478. The number of hydrogen-bond acceptors (Lipinski definition) is 4. The van der Waals surface area contributed by atoms with E-state index in [4.69, 9.17) is 4.42 Å². The Morgan fingerprint density at radius 1 is 1.14 bits per heavy atom. The van der Waals surface area contributed by atoms with Gasteiger partial charge >= 0.3 is 0 Å². The molecule has 2 aliphatic rings. The number of likely N-dealkylation sites (tertiary alicyclic amines) is 1. The van der Waals surface area contributed by atoms with Crippen LogP contribution in [0.1, 0.15) is 50.0 Å². The Morgan fingerprint density at radius 2 is 1.86 bits per heavy atom. The second-order valence-electron chi connectivity index (χ2n) is 8.30. The molecule has 6 heteroatoms. The van der Waals surface area contributed by atoms with Crippen LogP contribution in [0, 0.1) is 6.92 Å². The van der Waals surface area contributed by atoms with E-state index in [0.29, 0.717) is 18.5 Å². The minimum absolute atomic E-state index is 0.478. The van der Waals surface area contributed by atoms with Crippen LogP contribution in [0.4, 0.5) is 0 Å². The fraction of sp³-hybridized carbons (Fsp3) is 0.565. The Balaban J connectivity index is 1.24. The van der Waals surface area contributed by atoms with Crippen molar-refractivity contribution in [1.82, 2.24) is 20.5 Å². The fourth-order valence-electron chi connectivity index (χ4n) is 4.47. The number of aryl methyl sites for hydroxylation is 1. The molecule has 156 valence electrons. The number of oxazole rings is 1. The maximum Gasteiger partial charge on any atom is 0.214 e. The quantitative estimate of drug-likeness (QED) is 0.597. The molecule has 1 saturated carbocycles. The number of hydrogen-bond donors (Lipinski definition) is 2. The number of aromatic nitrogens is 1. The number of nitrogens with one attached hydrogen (secondary N) is 2. The monoisotopic (exact) mass is 395 g/mol. The average molecular weight is 396 g/mol. The van der Waals surface area contributed by atoms with Crippen LogP contribution in [0.15, 0.2) is 39.9 Å². The molecule has 1 aromatic carbocycles. The van der Waals surface area contributed by atoms with Gasteiger partial charge in [-0.3, -0.25) is 4.99 Å². The summed E-state index contributed by atoms with van der Waals surface area (Å²) in [4.78, 5) is 11.5. The van der Waals surface area contributed by atoms with Crippen molar-refractivity contribution in [2.24, 2.45) is 4.99 Å². The zero-order valence-corrected chi connectivity index (χ0v) is 17.7. The van der Waals surface area contributed by atoms with Crippen molar-refractivity contribution in [3.8, 4) is 11.3 Å². The molecule has 0 amide bonds. The summed E-state index contributed by atoms with van der Waals surface area (Å²) >= 11 is 0. The third-order valence-electron chi connectivity index (χ3n) is 6.23. The first kappa shape index (κ1) is 20.0. The molecule has 0 radical (unpaired) electrons. The van der Waals surface area contributed by atoms with E-state index < -0.39 is 0 Å². The maximum absolute atomic E-state index is 5.90. The van der Waals surface area contributed by atoms with Crippen molar-refractivity contribution in [2.75, 3.05) is 20.1 Å². The lowest BCUT2D eigenvalue weighted by Gasteiger charge is -2.36. The lowest BCUT2D eigenvalue weighted by molar-refractivity contribution is 0.150. The highest BCUT2D eigenvalue weighted by atomic mass is 16.4. The van der Waals surface area contributed by atoms with E-state index in [0.717, 1.165) is 23.3 Å². The molecule has 6 nitrogen and oxygen atoms in total. The Bertz CT molecular complexity index is 799. The maximum atomic E-state index is 5.90. The number of nitrogens with zero attached hydrogens (tertiary/aromatic N) is 3.